The van der Waals surface area contributed by atoms with Crippen LogP contribution in [0, 0.1) is 6.92 Å². The summed E-state index contributed by atoms with van der Waals surface area (Å²) in [6, 6.07) is 7.26. The van der Waals surface area contributed by atoms with Gasteiger partial charge in [0, 0.05) is 50.0 Å². The zero-order valence-electron chi connectivity index (χ0n) is 15.7. The lowest BCUT2D eigenvalue weighted by atomic mass is 9.94. The average molecular weight is 375 g/mol. The fourth-order valence-corrected chi connectivity index (χ4v) is 3.43. The minimum Gasteiger partial charge on any atom is -0.435 e. The Kier molecular flexibility index (Phi) is 5.23. The maximum absolute atomic E-state index is 12.8. The molecule has 0 spiro atoms. The van der Waals surface area contributed by atoms with Crippen LogP contribution < -0.4 is 4.74 Å². The molecule has 1 amide bonds. The number of rotatable bonds is 4. The van der Waals surface area contributed by atoms with Gasteiger partial charge in [-0.1, -0.05) is 0 Å². The van der Waals surface area contributed by atoms with Gasteiger partial charge in [0.1, 0.15) is 5.69 Å². The smallest absolute Gasteiger partial charge is 0.255 e. The van der Waals surface area contributed by atoms with Crippen molar-refractivity contribution in [1.82, 2.24) is 24.8 Å². The molecule has 4 heterocycles. The molecule has 0 saturated carbocycles. The highest BCUT2D eigenvalue weighted by Crippen LogP contribution is 2.33. The summed E-state index contributed by atoms with van der Waals surface area (Å²) in [5, 5.41) is 0. The number of hydrogen-bond acceptors (Lipinski definition) is 6. The van der Waals surface area contributed by atoms with E-state index in [1.165, 1.54) is 0 Å². The Morgan fingerprint density at radius 1 is 1.11 bits per heavy atom. The first-order chi connectivity index (χ1) is 13.7. The summed E-state index contributed by atoms with van der Waals surface area (Å²) in [7, 11) is 0. The molecule has 0 aromatic carbocycles. The van der Waals surface area contributed by atoms with Crippen molar-refractivity contribution in [2.75, 3.05) is 13.1 Å². The molecule has 1 atom stereocenters. The van der Waals surface area contributed by atoms with Gasteiger partial charge in [0.2, 0.25) is 5.88 Å². The number of ether oxygens (including phenoxy) is 1. The summed E-state index contributed by atoms with van der Waals surface area (Å²) >= 11 is 0. The second-order valence-corrected chi connectivity index (χ2v) is 6.77. The van der Waals surface area contributed by atoms with Crippen molar-refractivity contribution in [2.24, 2.45) is 0 Å². The van der Waals surface area contributed by atoms with Crippen LogP contribution in [0.15, 0.2) is 55.2 Å². The van der Waals surface area contributed by atoms with E-state index in [0.717, 1.165) is 30.8 Å². The minimum atomic E-state index is -0.00716. The number of aromatic nitrogens is 4. The third-order valence-corrected chi connectivity index (χ3v) is 4.86. The van der Waals surface area contributed by atoms with E-state index >= 15 is 0 Å². The first-order valence-corrected chi connectivity index (χ1v) is 9.32. The summed E-state index contributed by atoms with van der Waals surface area (Å²) in [5.74, 6) is 1.19. The van der Waals surface area contributed by atoms with Gasteiger partial charge in [0.05, 0.1) is 11.3 Å². The molecule has 0 N–H and O–H groups in total. The van der Waals surface area contributed by atoms with Crippen LogP contribution in [-0.4, -0.2) is 43.8 Å². The molecule has 3 aromatic rings. The number of aryl methyl sites for hydroxylation is 1. The Balaban J connectivity index is 1.56. The minimum absolute atomic E-state index is 0.00716. The topological polar surface area (TPSA) is 81.1 Å². The van der Waals surface area contributed by atoms with E-state index in [4.69, 9.17) is 4.74 Å². The third kappa shape index (κ3) is 3.83. The maximum Gasteiger partial charge on any atom is 0.255 e. The molecule has 28 heavy (non-hydrogen) atoms. The van der Waals surface area contributed by atoms with Gasteiger partial charge >= 0.3 is 0 Å². The fourth-order valence-electron chi connectivity index (χ4n) is 3.43. The van der Waals surface area contributed by atoms with Crippen LogP contribution in [0.1, 0.15) is 40.5 Å². The number of hydrogen-bond donors (Lipinski definition) is 0. The van der Waals surface area contributed by atoms with Crippen molar-refractivity contribution in [3.05, 3.63) is 72.2 Å². The van der Waals surface area contributed by atoms with E-state index in [9.17, 15) is 4.79 Å². The van der Waals surface area contributed by atoms with Crippen LogP contribution in [-0.2, 0) is 0 Å². The van der Waals surface area contributed by atoms with Crippen molar-refractivity contribution in [1.29, 1.82) is 0 Å². The number of piperidine rings is 1. The van der Waals surface area contributed by atoms with E-state index in [1.54, 1.807) is 43.1 Å². The average Bonchev–Trinajstić information content (AvgIpc) is 2.76. The van der Waals surface area contributed by atoms with E-state index in [0.29, 0.717) is 23.7 Å². The molecular formula is C21H21N5O2. The number of carbonyl (C=O) groups is 1. The highest BCUT2D eigenvalue weighted by molar-refractivity contribution is 5.94. The molecule has 1 aliphatic rings. The molecule has 0 aliphatic carbocycles. The van der Waals surface area contributed by atoms with Gasteiger partial charge in [-0.3, -0.25) is 19.7 Å². The normalized spacial score (nSPS) is 16.6. The largest absolute Gasteiger partial charge is 0.435 e. The Morgan fingerprint density at radius 2 is 1.96 bits per heavy atom. The Morgan fingerprint density at radius 3 is 2.79 bits per heavy atom. The maximum atomic E-state index is 12.8. The van der Waals surface area contributed by atoms with Gasteiger partial charge in [0.25, 0.3) is 5.91 Å². The van der Waals surface area contributed by atoms with Gasteiger partial charge in [-0.25, -0.2) is 4.98 Å². The van der Waals surface area contributed by atoms with Gasteiger partial charge in [0.15, 0.2) is 5.75 Å². The molecule has 1 aliphatic heterocycles. The molecule has 4 rings (SSSR count). The van der Waals surface area contributed by atoms with Crippen molar-refractivity contribution < 1.29 is 9.53 Å². The third-order valence-electron chi connectivity index (χ3n) is 4.86. The highest BCUT2D eigenvalue weighted by Gasteiger charge is 2.29. The lowest BCUT2D eigenvalue weighted by molar-refractivity contribution is 0.0704. The van der Waals surface area contributed by atoms with Crippen LogP contribution in [0.4, 0.5) is 0 Å². The molecule has 0 radical (unpaired) electrons. The number of carbonyl (C=O) groups excluding carboxylic acids is 1. The predicted molar refractivity (Wildman–Crippen MR) is 103 cm³/mol. The van der Waals surface area contributed by atoms with Gasteiger partial charge in [-0.05, 0) is 44.0 Å². The molecule has 0 unspecified atom stereocenters. The summed E-state index contributed by atoms with van der Waals surface area (Å²) in [4.78, 5) is 31.9. The van der Waals surface area contributed by atoms with Crippen molar-refractivity contribution in [2.45, 2.75) is 25.7 Å². The molecule has 1 fully saturated rings. The lowest BCUT2D eigenvalue weighted by Gasteiger charge is -2.32. The van der Waals surface area contributed by atoms with Crippen molar-refractivity contribution in [3.63, 3.8) is 0 Å². The molecule has 7 nitrogen and oxygen atoms in total. The van der Waals surface area contributed by atoms with Gasteiger partial charge in [-0.2, -0.15) is 0 Å². The molecule has 1 saturated heterocycles. The fraction of sp³-hybridized carbons (Fsp3) is 0.286. The predicted octanol–water partition coefficient (Wildman–Crippen LogP) is 3.39. The first-order valence-electron chi connectivity index (χ1n) is 9.32. The molecule has 142 valence electrons. The van der Waals surface area contributed by atoms with E-state index in [-0.39, 0.29) is 11.8 Å². The molecule has 7 heteroatoms. The van der Waals surface area contributed by atoms with Crippen molar-refractivity contribution in [3.8, 4) is 11.6 Å². The van der Waals surface area contributed by atoms with E-state index < -0.39 is 0 Å². The second kappa shape index (κ2) is 8.12. The monoisotopic (exact) mass is 375 g/mol. The summed E-state index contributed by atoms with van der Waals surface area (Å²) in [6.07, 6.45) is 10.1. The number of amides is 1. The standard InChI is InChI=1S/C21H21N5O2/c1-15-18(7-3-9-23-15)28-20-19(24-10-11-25-20)17-6-4-12-26(14-17)21(27)16-5-2-8-22-13-16/h2-3,5,7-11,13,17H,4,6,12,14H2,1H3/t17-/m1/s1. The zero-order chi connectivity index (χ0) is 19.3. The zero-order valence-corrected chi connectivity index (χ0v) is 15.7. The second-order valence-electron chi connectivity index (χ2n) is 6.77. The Labute approximate surface area is 163 Å². The molecule has 3 aromatic heterocycles. The quantitative estimate of drug-likeness (QED) is 0.695. The van der Waals surface area contributed by atoms with Crippen LogP contribution >= 0.6 is 0 Å². The summed E-state index contributed by atoms with van der Waals surface area (Å²) < 4.78 is 6.02. The number of likely N-dealkylation sites (tertiary alicyclic amines) is 1. The summed E-state index contributed by atoms with van der Waals surface area (Å²) in [6.45, 7) is 3.19. The Bertz CT molecular complexity index is 964. The van der Waals surface area contributed by atoms with Crippen LogP contribution in [0.5, 0.6) is 11.6 Å². The number of pyridine rings is 2. The van der Waals surface area contributed by atoms with Crippen LogP contribution in [0.3, 0.4) is 0 Å². The highest BCUT2D eigenvalue weighted by atomic mass is 16.5. The first kappa shape index (κ1) is 18.0. The molecule has 0 bridgehead atoms. The van der Waals surface area contributed by atoms with Crippen molar-refractivity contribution >= 4 is 5.91 Å². The van der Waals surface area contributed by atoms with E-state index in [2.05, 4.69) is 19.9 Å². The SMILES string of the molecule is Cc1ncccc1Oc1nccnc1[C@@H]1CCCN(C(=O)c2cccnc2)C1. The van der Waals surface area contributed by atoms with E-state index in [1.807, 2.05) is 24.0 Å². The van der Waals surface area contributed by atoms with Crippen LogP contribution in [0.25, 0.3) is 0 Å². The Hall–Kier alpha value is -3.35. The lowest BCUT2D eigenvalue weighted by Crippen LogP contribution is -2.39. The summed E-state index contributed by atoms with van der Waals surface area (Å²) in [5.41, 5.74) is 2.16. The van der Waals surface area contributed by atoms with Gasteiger partial charge in [-0.15, -0.1) is 0 Å². The number of nitrogens with zero attached hydrogens (tertiary/aromatic N) is 5. The van der Waals surface area contributed by atoms with Crippen LogP contribution in [0.2, 0.25) is 0 Å². The van der Waals surface area contributed by atoms with Gasteiger partial charge < -0.3 is 9.64 Å². The molecular weight excluding hydrogens is 354 g/mol.